The molecule has 1 amide bonds. The molecule has 1 rings (SSSR count). The first-order chi connectivity index (χ1) is 10.2. The van der Waals surface area contributed by atoms with E-state index in [0.717, 1.165) is 5.56 Å². The Morgan fingerprint density at radius 1 is 1.23 bits per heavy atom. The first-order valence-electron chi connectivity index (χ1n) is 7.58. The van der Waals surface area contributed by atoms with E-state index in [1.54, 1.807) is 13.0 Å². The lowest BCUT2D eigenvalue weighted by Crippen LogP contribution is -2.32. The number of hydrogen-bond donors (Lipinski definition) is 2. The maximum Gasteiger partial charge on any atom is 0.251 e. The summed E-state index contributed by atoms with van der Waals surface area (Å²) in [7, 11) is -3.61. The number of sulfonamides is 1. The molecule has 1 atom stereocenters. The van der Waals surface area contributed by atoms with E-state index in [2.05, 4.69) is 10.0 Å². The predicted octanol–water partition coefficient (Wildman–Crippen LogP) is 2.46. The van der Waals surface area contributed by atoms with Gasteiger partial charge in [-0.25, -0.2) is 13.1 Å². The van der Waals surface area contributed by atoms with E-state index in [4.69, 9.17) is 0 Å². The van der Waals surface area contributed by atoms with Crippen molar-refractivity contribution in [3.05, 3.63) is 29.3 Å². The van der Waals surface area contributed by atoms with Crippen molar-refractivity contribution in [2.75, 3.05) is 6.54 Å². The van der Waals surface area contributed by atoms with Crippen LogP contribution in [0.2, 0.25) is 0 Å². The molecule has 0 fully saturated rings. The molecule has 1 aromatic carbocycles. The minimum Gasteiger partial charge on any atom is -0.352 e. The van der Waals surface area contributed by atoms with Crippen molar-refractivity contribution in [3.63, 3.8) is 0 Å². The summed E-state index contributed by atoms with van der Waals surface area (Å²) in [5, 5.41) is 2.82. The van der Waals surface area contributed by atoms with E-state index in [1.165, 1.54) is 12.1 Å². The second-order valence-electron chi connectivity index (χ2n) is 6.01. The maximum atomic E-state index is 12.3. The highest BCUT2D eigenvalue weighted by Crippen LogP contribution is 2.16. The Balaban J connectivity index is 3.06. The second kappa shape index (κ2) is 7.74. The first-order valence-corrected chi connectivity index (χ1v) is 9.06. The lowest BCUT2D eigenvalue weighted by Gasteiger charge is -2.14. The molecule has 0 unspecified atom stereocenters. The minimum absolute atomic E-state index is 0.119. The van der Waals surface area contributed by atoms with Gasteiger partial charge in [-0.05, 0) is 43.9 Å². The molecular weight excluding hydrogens is 300 g/mol. The fourth-order valence-corrected chi connectivity index (χ4v) is 3.17. The third-order valence-corrected chi connectivity index (χ3v) is 4.99. The van der Waals surface area contributed by atoms with Crippen molar-refractivity contribution in [2.24, 2.45) is 5.92 Å². The fourth-order valence-electron chi connectivity index (χ4n) is 1.82. The molecule has 124 valence electrons. The summed E-state index contributed by atoms with van der Waals surface area (Å²) in [6.07, 6.45) is 0.701. The van der Waals surface area contributed by atoms with Crippen molar-refractivity contribution >= 4 is 15.9 Å². The smallest absolute Gasteiger partial charge is 0.251 e. The number of hydrogen-bond acceptors (Lipinski definition) is 3. The monoisotopic (exact) mass is 326 g/mol. The third-order valence-electron chi connectivity index (χ3n) is 3.40. The molecule has 22 heavy (non-hydrogen) atoms. The summed E-state index contributed by atoms with van der Waals surface area (Å²) in [5.74, 6) is 0.0926. The van der Waals surface area contributed by atoms with Gasteiger partial charge in [0.2, 0.25) is 10.0 Å². The van der Waals surface area contributed by atoms with Gasteiger partial charge in [-0.2, -0.15) is 0 Å². The van der Waals surface area contributed by atoms with Crippen molar-refractivity contribution in [1.82, 2.24) is 10.0 Å². The minimum atomic E-state index is -3.61. The van der Waals surface area contributed by atoms with Crippen LogP contribution in [-0.2, 0) is 10.0 Å². The number of aryl methyl sites for hydroxylation is 1. The van der Waals surface area contributed by atoms with E-state index in [9.17, 15) is 13.2 Å². The Bertz CT molecular complexity index is 624. The van der Waals surface area contributed by atoms with Gasteiger partial charge in [0.15, 0.2) is 0 Å². The summed E-state index contributed by atoms with van der Waals surface area (Å²) >= 11 is 0. The molecule has 0 radical (unpaired) electrons. The van der Waals surface area contributed by atoms with E-state index in [-0.39, 0.29) is 16.8 Å². The molecule has 0 heterocycles. The molecule has 2 N–H and O–H groups in total. The largest absolute Gasteiger partial charge is 0.352 e. The summed E-state index contributed by atoms with van der Waals surface area (Å²) < 4.78 is 27.2. The van der Waals surface area contributed by atoms with Crippen molar-refractivity contribution in [2.45, 2.75) is 52.0 Å². The number of benzene rings is 1. The zero-order valence-corrected chi connectivity index (χ0v) is 14.8. The SMILES string of the molecule is CC[C@@H](C)NS(=O)(=O)c1ccc(C)c(C(=O)NCC(C)C)c1. The predicted molar refractivity (Wildman–Crippen MR) is 88.4 cm³/mol. The van der Waals surface area contributed by atoms with Crippen LogP contribution in [0.4, 0.5) is 0 Å². The summed E-state index contributed by atoms with van der Waals surface area (Å²) in [6.45, 7) is 10.1. The van der Waals surface area contributed by atoms with Gasteiger partial charge in [-0.3, -0.25) is 4.79 Å². The number of nitrogens with one attached hydrogen (secondary N) is 2. The topological polar surface area (TPSA) is 75.3 Å². The summed E-state index contributed by atoms with van der Waals surface area (Å²) in [5.41, 5.74) is 1.15. The Morgan fingerprint density at radius 3 is 2.41 bits per heavy atom. The van der Waals surface area contributed by atoms with Crippen molar-refractivity contribution < 1.29 is 13.2 Å². The van der Waals surface area contributed by atoms with Gasteiger partial charge in [-0.1, -0.05) is 26.8 Å². The molecule has 0 aliphatic rings. The Hall–Kier alpha value is -1.40. The van der Waals surface area contributed by atoms with Crippen LogP contribution in [0.3, 0.4) is 0 Å². The number of amides is 1. The van der Waals surface area contributed by atoms with Crippen LogP contribution in [0.1, 0.15) is 50.0 Å². The van der Waals surface area contributed by atoms with Gasteiger partial charge in [0.1, 0.15) is 0 Å². The van der Waals surface area contributed by atoms with Crippen LogP contribution in [0, 0.1) is 12.8 Å². The Labute approximate surface area is 133 Å². The van der Waals surface area contributed by atoms with Gasteiger partial charge >= 0.3 is 0 Å². The molecule has 0 spiro atoms. The highest BCUT2D eigenvalue weighted by Gasteiger charge is 2.19. The van der Waals surface area contributed by atoms with Crippen molar-refractivity contribution in [3.8, 4) is 0 Å². The van der Waals surface area contributed by atoms with Gasteiger partial charge in [0.25, 0.3) is 5.91 Å². The molecule has 0 saturated carbocycles. The van der Waals surface area contributed by atoms with Crippen LogP contribution in [0.5, 0.6) is 0 Å². The molecule has 0 aliphatic carbocycles. The molecule has 0 saturated heterocycles. The zero-order valence-electron chi connectivity index (χ0n) is 13.9. The molecule has 0 aliphatic heterocycles. The highest BCUT2D eigenvalue weighted by molar-refractivity contribution is 7.89. The molecule has 0 aromatic heterocycles. The second-order valence-corrected chi connectivity index (χ2v) is 7.73. The third kappa shape index (κ3) is 5.10. The summed E-state index contributed by atoms with van der Waals surface area (Å²) in [4.78, 5) is 12.3. The van der Waals surface area contributed by atoms with Gasteiger partial charge in [0, 0.05) is 18.2 Å². The van der Waals surface area contributed by atoms with E-state index in [0.29, 0.717) is 24.4 Å². The number of carbonyl (C=O) groups excluding carboxylic acids is 1. The maximum absolute atomic E-state index is 12.3. The van der Waals surface area contributed by atoms with Gasteiger partial charge in [0.05, 0.1) is 4.90 Å². The van der Waals surface area contributed by atoms with Crippen LogP contribution in [-0.4, -0.2) is 26.9 Å². The summed E-state index contributed by atoms with van der Waals surface area (Å²) in [6, 6.07) is 4.48. The lowest BCUT2D eigenvalue weighted by atomic mass is 10.1. The Kier molecular flexibility index (Phi) is 6.56. The van der Waals surface area contributed by atoms with Crippen LogP contribution < -0.4 is 10.0 Å². The number of carbonyl (C=O) groups is 1. The number of rotatable bonds is 7. The fraction of sp³-hybridized carbons (Fsp3) is 0.562. The molecule has 5 nitrogen and oxygen atoms in total. The zero-order chi connectivity index (χ0) is 16.9. The molecule has 0 bridgehead atoms. The molecular formula is C16H26N2O3S. The van der Waals surface area contributed by atoms with E-state index in [1.807, 2.05) is 27.7 Å². The molecule has 1 aromatic rings. The standard InChI is InChI=1S/C16H26N2O3S/c1-6-13(5)18-22(20,21)14-8-7-12(4)15(9-14)16(19)17-10-11(2)3/h7-9,11,13,18H,6,10H2,1-5H3,(H,17,19)/t13-/m1/s1. The highest BCUT2D eigenvalue weighted by atomic mass is 32.2. The average Bonchev–Trinajstić information content (AvgIpc) is 2.44. The van der Waals surface area contributed by atoms with Gasteiger partial charge in [-0.15, -0.1) is 0 Å². The van der Waals surface area contributed by atoms with E-state index < -0.39 is 10.0 Å². The molecule has 6 heteroatoms. The first kappa shape index (κ1) is 18.6. The van der Waals surface area contributed by atoms with Crippen molar-refractivity contribution in [1.29, 1.82) is 0 Å². The lowest BCUT2D eigenvalue weighted by molar-refractivity contribution is 0.0948. The average molecular weight is 326 g/mol. The van der Waals surface area contributed by atoms with Gasteiger partial charge < -0.3 is 5.32 Å². The van der Waals surface area contributed by atoms with Crippen LogP contribution in [0.15, 0.2) is 23.1 Å². The van der Waals surface area contributed by atoms with Crippen LogP contribution >= 0.6 is 0 Å². The van der Waals surface area contributed by atoms with E-state index >= 15 is 0 Å². The van der Waals surface area contributed by atoms with Crippen LogP contribution in [0.25, 0.3) is 0 Å². The normalized spacial score (nSPS) is 13.2. The Morgan fingerprint density at radius 2 is 1.86 bits per heavy atom. The quantitative estimate of drug-likeness (QED) is 0.808.